The molecule has 0 fully saturated rings. The third-order valence-corrected chi connectivity index (χ3v) is 4.53. The van der Waals surface area contributed by atoms with E-state index in [2.05, 4.69) is 5.32 Å². The highest BCUT2D eigenvalue weighted by atomic mass is 19.1. The van der Waals surface area contributed by atoms with Gasteiger partial charge in [-0.2, -0.15) is 0 Å². The van der Waals surface area contributed by atoms with Gasteiger partial charge in [-0.25, -0.2) is 4.39 Å². The number of carboxylic acid groups (broad SMARTS) is 1. The molecule has 0 aliphatic heterocycles. The molecule has 0 heterocycles. The van der Waals surface area contributed by atoms with Crippen LogP contribution < -0.4 is 14.8 Å². The summed E-state index contributed by atoms with van der Waals surface area (Å²) in [5.41, 5.74) is 2.61. The van der Waals surface area contributed by atoms with Crippen molar-refractivity contribution in [3.63, 3.8) is 0 Å². The van der Waals surface area contributed by atoms with Gasteiger partial charge in [-0.15, -0.1) is 0 Å². The predicted molar refractivity (Wildman–Crippen MR) is 110 cm³/mol. The number of aliphatic hydroxyl groups excluding tert-OH is 1. The number of benzene rings is 3. The zero-order valence-electron chi connectivity index (χ0n) is 16.3. The monoisotopic (exact) mass is 411 g/mol. The van der Waals surface area contributed by atoms with Crippen LogP contribution in [0.5, 0.6) is 17.2 Å². The van der Waals surface area contributed by atoms with Crippen molar-refractivity contribution in [2.24, 2.45) is 0 Å². The van der Waals surface area contributed by atoms with Crippen LogP contribution >= 0.6 is 0 Å². The van der Waals surface area contributed by atoms with Crippen molar-refractivity contribution in [3.8, 4) is 28.4 Å². The molecular formula is C23H22FNO5. The second kappa shape index (κ2) is 9.87. The molecule has 0 amide bonds. The first-order chi connectivity index (χ1) is 14.5. The van der Waals surface area contributed by atoms with Crippen molar-refractivity contribution >= 4 is 5.97 Å². The highest BCUT2D eigenvalue weighted by Gasteiger charge is 2.16. The van der Waals surface area contributed by atoms with Crippen LogP contribution in [0.3, 0.4) is 0 Å². The fourth-order valence-corrected chi connectivity index (χ4v) is 2.92. The Morgan fingerprint density at radius 1 is 1.03 bits per heavy atom. The van der Waals surface area contributed by atoms with Crippen LogP contribution in [-0.4, -0.2) is 35.9 Å². The lowest BCUT2D eigenvalue weighted by molar-refractivity contribution is -0.140. The number of carbonyl (C=O) groups is 1. The van der Waals surface area contributed by atoms with E-state index in [0.717, 1.165) is 16.7 Å². The largest absolute Gasteiger partial charge is 0.496 e. The van der Waals surface area contributed by atoms with Gasteiger partial charge >= 0.3 is 5.97 Å². The third-order valence-electron chi connectivity index (χ3n) is 4.53. The van der Waals surface area contributed by atoms with Crippen LogP contribution in [0.25, 0.3) is 11.1 Å². The average Bonchev–Trinajstić information content (AvgIpc) is 2.74. The van der Waals surface area contributed by atoms with E-state index in [1.54, 1.807) is 31.4 Å². The van der Waals surface area contributed by atoms with E-state index in [9.17, 15) is 9.18 Å². The molecule has 1 unspecified atom stereocenters. The molecule has 0 spiro atoms. The van der Waals surface area contributed by atoms with Crippen molar-refractivity contribution in [2.45, 2.75) is 12.6 Å². The minimum Gasteiger partial charge on any atom is -0.496 e. The van der Waals surface area contributed by atoms with Crippen LogP contribution in [0.2, 0.25) is 0 Å². The van der Waals surface area contributed by atoms with Gasteiger partial charge < -0.3 is 19.7 Å². The number of hydrogen-bond donors (Lipinski definition) is 3. The average molecular weight is 411 g/mol. The number of rotatable bonds is 9. The molecule has 0 saturated heterocycles. The topological polar surface area (TPSA) is 88.0 Å². The molecule has 0 aliphatic rings. The maximum atomic E-state index is 13.3. The number of nitrogens with one attached hydrogen (secondary N) is 1. The lowest BCUT2D eigenvalue weighted by Crippen LogP contribution is -2.39. The van der Waals surface area contributed by atoms with Crippen LogP contribution in [-0.2, 0) is 11.3 Å². The number of ether oxygens (including phenoxy) is 2. The van der Waals surface area contributed by atoms with Gasteiger partial charge in [-0.3, -0.25) is 10.1 Å². The summed E-state index contributed by atoms with van der Waals surface area (Å²) < 4.78 is 24.4. The SMILES string of the molecule is COc1cc(-c2ccc(Oc3cccc(F)c3)cc2)ccc1CNC(CO)C(=O)O. The number of methoxy groups -OCH3 is 1. The van der Waals surface area contributed by atoms with Crippen LogP contribution in [0.15, 0.2) is 66.7 Å². The predicted octanol–water partition coefficient (Wildman–Crippen LogP) is 3.83. The maximum absolute atomic E-state index is 13.3. The van der Waals surface area contributed by atoms with Crippen molar-refractivity contribution in [2.75, 3.05) is 13.7 Å². The highest BCUT2D eigenvalue weighted by Crippen LogP contribution is 2.30. The van der Waals surface area contributed by atoms with Crippen LogP contribution in [0.1, 0.15) is 5.56 Å². The summed E-state index contributed by atoms with van der Waals surface area (Å²) in [4.78, 5) is 11.0. The molecule has 1 atom stereocenters. The zero-order valence-corrected chi connectivity index (χ0v) is 16.3. The Morgan fingerprint density at radius 2 is 1.77 bits per heavy atom. The maximum Gasteiger partial charge on any atom is 0.323 e. The fourth-order valence-electron chi connectivity index (χ4n) is 2.92. The molecule has 3 N–H and O–H groups in total. The molecule has 156 valence electrons. The summed E-state index contributed by atoms with van der Waals surface area (Å²) in [6, 6.07) is 17.8. The molecule has 3 aromatic rings. The molecule has 3 rings (SSSR count). The minimum absolute atomic E-state index is 0.237. The van der Waals surface area contributed by atoms with E-state index in [-0.39, 0.29) is 12.4 Å². The molecule has 0 saturated carbocycles. The normalized spacial score (nSPS) is 11.7. The van der Waals surface area contributed by atoms with Crippen LogP contribution in [0.4, 0.5) is 4.39 Å². The summed E-state index contributed by atoms with van der Waals surface area (Å²) in [6.45, 7) is -0.263. The Bertz CT molecular complexity index is 1010. The van der Waals surface area contributed by atoms with Gasteiger partial charge in [0.15, 0.2) is 0 Å². The first-order valence-electron chi connectivity index (χ1n) is 9.28. The van der Waals surface area contributed by atoms with E-state index >= 15 is 0 Å². The Kier molecular flexibility index (Phi) is 7.00. The minimum atomic E-state index is -1.12. The Hall–Kier alpha value is -3.42. The smallest absolute Gasteiger partial charge is 0.323 e. The second-order valence-corrected chi connectivity index (χ2v) is 6.56. The number of hydrogen-bond acceptors (Lipinski definition) is 5. The molecular weight excluding hydrogens is 389 g/mol. The third kappa shape index (κ3) is 5.34. The van der Waals surface area contributed by atoms with E-state index in [1.165, 1.54) is 12.1 Å². The number of carboxylic acids is 1. The molecule has 30 heavy (non-hydrogen) atoms. The summed E-state index contributed by atoms with van der Waals surface area (Å²) in [5.74, 6) is 0.125. The van der Waals surface area contributed by atoms with Gasteiger partial charge in [0.2, 0.25) is 0 Å². The van der Waals surface area contributed by atoms with E-state index < -0.39 is 18.6 Å². The molecule has 0 radical (unpaired) electrons. The number of aliphatic hydroxyl groups is 1. The van der Waals surface area contributed by atoms with Crippen molar-refractivity contribution in [1.82, 2.24) is 5.32 Å². The summed E-state index contributed by atoms with van der Waals surface area (Å²) in [6.07, 6.45) is 0. The van der Waals surface area contributed by atoms with E-state index in [4.69, 9.17) is 19.7 Å². The lowest BCUT2D eigenvalue weighted by atomic mass is 10.0. The van der Waals surface area contributed by atoms with Crippen molar-refractivity contribution < 1.29 is 28.9 Å². The lowest BCUT2D eigenvalue weighted by Gasteiger charge is -2.15. The second-order valence-electron chi connectivity index (χ2n) is 6.56. The molecule has 7 heteroatoms. The standard InChI is InChI=1S/C23H22FNO5/c1-29-22-11-16(5-6-17(22)13-25-21(14-26)23(27)28)15-7-9-19(10-8-15)30-20-4-2-3-18(24)12-20/h2-12,21,25-26H,13-14H2,1H3,(H,27,28). The quantitative estimate of drug-likeness (QED) is 0.496. The molecule has 0 bridgehead atoms. The fraction of sp³-hybridized carbons (Fsp3) is 0.174. The Balaban J connectivity index is 1.73. The zero-order chi connectivity index (χ0) is 21.5. The molecule has 6 nitrogen and oxygen atoms in total. The van der Waals surface area contributed by atoms with Crippen molar-refractivity contribution in [3.05, 3.63) is 78.1 Å². The van der Waals surface area contributed by atoms with Gasteiger partial charge in [-0.1, -0.05) is 30.3 Å². The van der Waals surface area contributed by atoms with Gasteiger partial charge in [0, 0.05) is 18.2 Å². The van der Waals surface area contributed by atoms with Gasteiger partial charge in [-0.05, 0) is 41.5 Å². The number of halogens is 1. The first-order valence-corrected chi connectivity index (χ1v) is 9.28. The molecule has 0 aromatic heterocycles. The first kappa shape index (κ1) is 21.3. The van der Waals surface area contributed by atoms with E-state index in [1.807, 2.05) is 30.3 Å². The summed E-state index contributed by atoms with van der Waals surface area (Å²) in [7, 11) is 1.54. The summed E-state index contributed by atoms with van der Waals surface area (Å²) >= 11 is 0. The van der Waals surface area contributed by atoms with Gasteiger partial charge in [0.25, 0.3) is 0 Å². The Labute approximate surface area is 173 Å². The van der Waals surface area contributed by atoms with Crippen LogP contribution in [0, 0.1) is 5.82 Å². The Morgan fingerprint density at radius 3 is 2.40 bits per heavy atom. The molecule has 3 aromatic carbocycles. The van der Waals surface area contributed by atoms with Gasteiger partial charge in [0.1, 0.15) is 29.1 Å². The number of aliphatic carboxylic acids is 1. The van der Waals surface area contributed by atoms with Crippen molar-refractivity contribution in [1.29, 1.82) is 0 Å². The molecule has 0 aliphatic carbocycles. The van der Waals surface area contributed by atoms with E-state index in [0.29, 0.717) is 17.2 Å². The van der Waals surface area contributed by atoms with Gasteiger partial charge in [0.05, 0.1) is 13.7 Å². The summed E-state index contributed by atoms with van der Waals surface area (Å²) in [5, 5.41) is 20.9. The highest BCUT2D eigenvalue weighted by molar-refractivity contribution is 5.73.